The van der Waals surface area contributed by atoms with Crippen LogP contribution in [0.25, 0.3) is 0 Å². The summed E-state index contributed by atoms with van der Waals surface area (Å²) in [5.74, 6) is 0.717. The third-order valence-electron chi connectivity index (χ3n) is 3.12. The molecule has 1 fully saturated rings. The van der Waals surface area contributed by atoms with Gasteiger partial charge in [0.05, 0.1) is 5.69 Å². The van der Waals surface area contributed by atoms with Gasteiger partial charge in [-0.05, 0) is 18.9 Å². The first-order valence-electron chi connectivity index (χ1n) is 6.03. The van der Waals surface area contributed by atoms with Gasteiger partial charge in [0.1, 0.15) is 0 Å². The summed E-state index contributed by atoms with van der Waals surface area (Å²) in [6, 6.07) is 2.76. The van der Waals surface area contributed by atoms with Crippen molar-refractivity contribution in [3.05, 3.63) is 17.5 Å². The molecule has 0 bridgehead atoms. The van der Waals surface area contributed by atoms with Gasteiger partial charge < -0.3 is 5.32 Å². The van der Waals surface area contributed by atoms with Crippen LogP contribution in [0, 0.1) is 0 Å². The van der Waals surface area contributed by atoms with E-state index in [4.69, 9.17) is 0 Å². The molecule has 0 saturated heterocycles. The van der Waals surface area contributed by atoms with Gasteiger partial charge in [-0.25, -0.2) is 0 Å². The van der Waals surface area contributed by atoms with Crippen molar-refractivity contribution in [2.45, 2.75) is 58.0 Å². The first-order valence-corrected chi connectivity index (χ1v) is 6.03. The Labute approximate surface area is 91.7 Å². The molecule has 0 atom stereocenters. The maximum atomic E-state index is 4.41. The Hall–Kier alpha value is -0.830. The maximum absolute atomic E-state index is 4.41. The molecule has 0 spiro atoms. The maximum Gasteiger partial charge on any atom is 0.0656 e. The monoisotopic (exact) mass is 207 g/mol. The lowest BCUT2D eigenvalue weighted by atomic mass is 10.0. The van der Waals surface area contributed by atoms with E-state index in [1.54, 1.807) is 0 Å². The second-order valence-corrected chi connectivity index (χ2v) is 4.84. The van der Waals surface area contributed by atoms with E-state index in [1.165, 1.54) is 37.1 Å². The van der Waals surface area contributed by atoms with E-state index in [0.29, 0.717) is 12.0 Å². The summed E-state index contributed by atoms with van der Waals surface area (Å²) in [7, 11) is 0. The van der Waals surface area contributed by atoms with Crippen LogP contribution in [0.4, 0.5) is 0 Å². The highest BCUT2D eigenvalue weighted by atomic mass is 15.1. The minimum Gasteiger partial charge on any atom is -0.309 e. The lowest BCUT2D eigenvalue weighted by molar-refractivity contribution is 0.580. The zero-order valence-corrected chi connectivity index (χ0v) is 9.71. The Balaban J connectivity index is 1.91. The van der Waals surface area contributed by atoms with Gasteiger partial charge >= 0.3 is 0 Å². The van der Waals surface area contributed by atoms with Crippen molar-refractivity contribution in [1.29, 1.82) is 0 Å². The molecule has 0 aromatic carbocycles. The molecular formula is C12H21N3. The second kappa shape index (κ2) is 4.79. The van der Waals surface area contributed by atoms with Gasteiger partial charge in [-0.15, -0.1) is 0 Å². The van der Waals surface area contributed by atoms with E-state index < -0.39 is 0 Å². The highest BCUT2D eigenvalue weighted by Gasteiger charge is 2.19. The van der Waals surface area contributed by atoms with Gasteiger partial charge in [-0.2, -0.15) is 5.10 Å². The van der Waals surface area contributed by atoms with Gasteiger partial charge in [-0.1, -0.05) is 26.7 Å². The van der Waals surface area contributed by atoms with E-state index in [1.807, 2.05) is 0 Å². The fourth-order valence-electron chi connectivity index (χ4n) is 2.21. The predicted octanol–water partition coefficient (Wildman–Crippen LogP) is 2.57. The summed E-state index contributed by atoms with van der Waals surface area (Å²) in [5, 5.41) is 10.9. The lowest BCUT2D eigenvalue weighted by Crippen LogP contribution is -2.21. The molecule has 1 saturated carbocycles. The van der Waals surface area contributed by atoms with Crippen LogP contribution in [0.15, 0.2) is 6.07 Å². The minimum atomic E-state index is 0.531. The molecule has 1 heterocycles. The summed E-state index contributed by atoms with van der Waals surface area (Å²) < 4.78 is 0. The van der Waals surface area contributed by atoms with Crippen LogP contribution >= 0.6 is 0 Å². The van der Waals surface area contributed by atoms with E-state index in [9.17, 15) is 0 Å². The van der Waals surface area contributed by atoms with Crippen molar-refractivity contribution in [3.63, 3.8) is 0 Å². The number of nitrogens with zero attached hydrogens (tertiary/aromatic N) is 1. The third kappa shape index (κ3) is 2.81. The van der Waals surface area contributed by atoms with Crippen molar-refractivity contribution >= 4 is 0 Å². The van der Waals surface area contributed by atoms with E-state index in [0.717, 1.165) is 6.54 Å². The molecule has 0 amide bonds. The zero-order valence-electron chi connectivity index (χ0n) is 9.71. The van der Waals surface area contributed by atoms with Crippen LogP contribution in [-0.4, -0.2) is 16.2 Å². The molecule has 1 aliphatic rings. The molecule has 0 unspecified atom stereocenters. The Bertz CT molecular complexity index is 298. The van der Waals surface area contributed by atoms with Crippen LogP contribution in [-0.2, 0) is 6.54 Å². The number of nitrogens with one attached hydrogen (secondary N) is 2. The van der Waals surface area contributed by atoms with Gasteiger partial charge in [0.2, 0.25) is 0 Å². The van der Waals surface area contributed by atoms with Gasteiger partial charge in [0.15, 0.2) is 0 Å². The van der Waals surface area contributed by atoms with Crippen LogP contribution < -0.4 is 5.32 Å². The fourth-order valence-corrected chi connectivity index (χ4v) is 2.21. The Morgan fingerprint density at radius 1 is 1.47 bits per heavy atom. The first kappa shape index (κ1) is 10.7. The molecule has 2 N–H and O–H groups in total. The summed E-state index contributed by atoms with van der Waals surface area (Å²) in [6.07, 6.45) is 5.39. The van der Waals surface area contributed by atoms with Crippen LogP contribution in [0.2, 0.25) is 0 Å². The zero-order chi connectivity index (χ0) is 10.7. The largest absolute Gasteiger partial charge is 0.309 e. The molecule has 3 nitrogen and oxygen atoms in total. The molecule has 3 heteroatoms. The van der Waals surface area contributed by atoms with Gasteiger partial charge in [-0.3, -0.25) is 5.10 Å². The molecule has 0 radical (unpaired) electrons. The first-order chi connectivity index (χ1) is 7.25. The summed E-state index contributed by atoms with van der Waals surface area (Å²) in [4.78, 5) is 0. The van der Waals surface area contributed by atoms with Crippen molar-refractivity contribution < 1.29 is 0 Å². The third-order valence-corrected chi connectivity index (χ3v) is 3.12. The van der Waals surface area contributed by atoms with Crippen molar-refractivity contribution in [2.75, 3.05) is 0 Å². The van der Waals surface area contributed by atoms with Crippen LogP contribution in [0.5, 0.6) is 0 Å². The molecule has 1 aliphatic carbocycles. The fraction of sp³-hybridized carbons (Fsp3) is 0.750. The highest BCUT2D eigenvalue weighted by molar-refractivity contribution is 5.14. The van der Waals surface area contributed by atoms with E-state index >= 15 is 0 Å². The standard InChI is InChI=1S/C12H21N3/c1-9(2)13-8-11-7-12(15-14-11)10-5-3-4-6-10/h7,9-10,13H,3-6,8H2,1-2H3,(H,14,15). The normalized spacial score (nSPS) is 17.8. The predicted molar refractivity (Wildman–Crippen MR) is 61.8 cm³/mol. The highest BCUT2D eigenvalue weighted by Crippen LogP contribution is 2.32. The van der Waals surface area contributed by atoms with Crippen LogP contribution in [0.1, 0.15) is 56.8 Å². The van der Waals surface area contributed by atoms with Gasteiger partial charge in [0, 0.05) is 24.2 Å². The molecule has 84 valence electrons. The number of rotatable bonds is 4. The van der Waals surface area contributed by atoms with Crippen molar-refractivity contribution in [3.8, 4) is 0 Å². The van der Waals surface area contributed by atoms with Crippen molar-refractivity contribution in [1.82, 2.24) is 15.5 Å². The molecule has 2 rings (SSSR count). The quantitative estimate of drug-likeness (QED) is 0.796. The number of H-pyrrole nitrogens is 1. The Morgan fingerprint density at radius 2 is 2.20 bits per heavy atom. The summed E-state index contributed by atoms with van der Waals surface area (Å²) >= 11 is 0. The molecule has 1 aromatic heterocycles. The number of hydrogen-bond donors (Lipinski definition) is 2. The SMILES string of the molecule is CC(C)NCc1cc(C2CCCC2)n[nH]1. The Morgan fingerprint density at radius 3 is 2.87 bits per heavy atom. The van der Waals surface area contributed by atoms with Crippen LogP contribution in [0.3, 0.4) is 0 Å². The number of aromatic nitrogens is 2. The summed E-state index contributed by atoms with van der Waals surface area (Å²) in [6.45, 7) is 5.22. The topological polar surface area (TPSA) is 40.7 Å². The lowest BCUT2D eigenvalue weighted by Gasteiger charge is -2.05. The average Bonchev–Trinajstić information content (AvgIpc) is 2.85. The molecule has 15 heavy (non-hydrogen) atoms. The van der Waals surface area contributed by atoms with E-state index in [-0.39, 0.29) is 0 Å². The minimum absolute atomic E-state index is 0.531. The molecule has 0 aliphatic heterocycles. The second-order valence-electron chi connectivity index (χ2n) is 4.84. The average molecular weight is 207 g/mol. The smallest absolute Gasteiger partial charge is 0.0656 e. The van der Waals surface area contributed by atoms with E-state index in [2.05, 4.69) is 35.4 Å². The Kier molecular flexibility index (Phi) is 3.41. The summed E-state index contributed by atoms with van der Waals surface area (Å²) in [5.41, 5.74) is 2.48. The number of hydrogen-bond acceptors (Lipinski definition) is 2. The van der Waals surface area contributed by atoms with Crippen molar-refractivity contribution in [2.24, 2.45) is 0 Å². The van der Waals surface area contributed by atoms with Gasteiger partial charge in [0.25, 0.3) is 0 Å². The molecule has 1 aromatic rings. The number of aromatic amines is 1. The molecular weight excluding hydrogens is 186 g/mol.